The van der Waals surface area contributed by atoms with Gasteiger partial charge < -0.3 is 15.4 Å². The molecule has 0 aromatic heterocycles. The van der Waals surface area contributed by atoms with E-state index in [0.29, 0.717) is 22.6 Å². The van der Waals surface area contributed by atoms with Gasteiger partial charge in [0.05, 0.1) is 0 Å². The summed E-state index contributed by atoms with van der Waals surface area (Å²) in [5.74, 6) is 1.70. The largest absolute Gasteiger partial charge is 0.481 e. The van der Waals surface area contributed by atoms with Gasteiger partial charge in [0.2, 0.25) is 0 Å². The van der Waals surface area contributed by atoms with Crippen molar-refractivity contribution in [2.75, 3.05) is 13.1 Å². The first-order valence-corrected chi connectivity index (χ1v) is 7.89. The molecule has 114 valence electrons. The highest BCUT2D eigenvalue weighted by molar-refractivity contribution is 6.30. The molecule has 4 nitrogen and oxygen atoms in total. The molecule has 21 heavy (non-hydrogen) atoms. The molecule has 1 saturated heterocycles. The first-order valence-electron chi connectivity index (χ1n) is 7.51. The number of carbonyl (C=O) groups is 1. The first-order chi connectivity index (χ1) is 10.0. The zero-order valence-electron chi connectivity index (χ0n) is 12.2. The molecule has 2 aliphatic rings. The molecule has 0 bridgehead atoms. The van der Waals surface area contributed by atoms with E-state index in [2.05, 4.69) is 0 Å². The monoisotopic (exact) mass is 308 g/mol. The van der Waals surface area contributed by atoms with Crippen molar-refractivity contribution in [2.24, 2.45) is 17.6 Å². The van der Waals surface area contributed by atoms with Crippen molar-refractivity contribution in [3.8, 4) is 5.75 Å². The van der Waals surface area contributed by atoms with Crippen molar-refractivity contribution in [3.05, 3.63) is 29.3 Å². The molecule has 1 saturated carbocycles. The number of nitrogens with zero attached hydrogens (tertiary/aromatic N) is 1. The molecule has 4 atom stereocenters. The minimum absolute atomic E-state index is 0.0385. The maximum absolute atomic E-state index is 12.5. The number of rotatable bonds is 3. The Balaban J connectivity index is 1.60. The summed E-state index contributed by atoms with van der Waals surface area (Å²) in [4.78, 5) is 14.4. The van der Waals surface area contributed by atoms with Crippen LogP contribution in [0.3, 0.4) is 0 Å². The number of likely N-dealkylation sites (tertiary alicyclic amines) is 1. The third-order valence-electron chi connectivity index (χ3n) is 4.68. The molecule has 1 aliphatic carbocycles. The van der Waals surface area contributed by atoms with Gasteiger partial charge in [0.25, 0.3) is 5.91 Å². The summed E-state index contributed by atoms with van der Waals surface area (Å²) in [5, 5.41) is 0.605. The summed E-state index contributed by atoms with van der Waals surface area (Å²) in [6.07, 6.45) is 1.73. The minimum Gasteiger partial charge on any atom is -0.481 e. The second-order valence-electron chi connectivity index (χ2n) is 6.13. The van der Waals surface area contributed by atoms with Gasteiger partial charge in [0.15, 0.2) is 6.10 Å². The molecule has 5 heteroatoms. The number of hydrogen-bond acceptors (Lipinski definition) is 3. The predicted octanol–water partition coefficient (Wildman–Crippen LogP) is 2.30. The Morgan fingerprint density at radius 2 is 2.24 bits per heavy atom. The molecule has 4 unspecified atom stereocenters. The van der Waals surface area contributed by atoms with Crippen LogP contribution >= 0.6 is 11.6 Å². The van der Waals surface area contributed by atoms with E-state index in [4.69, 9.17) is 22.1 Å². The molecular weight excluding hydrogens is 288 g/mol. The van der Waals surface area contributed by atoms with Crippen LogP contribution in [0.2, 0.25) is 5.02 Å². The average Bonchev–Trinajstić information content (AvgIpc) is 3.00. The molecule has 0 spiro atoms. The lowest BCUT2D eigenvalue weighted by Gasteiger charge is -2.23. The van der Waals surface area contributed by atoms with Gasteiger partial charge in [-0.05, 0) is 49.8 Å². The van der Waals surface area contributed by atoms with E-state index >= 15 is 0 Å². The maximum Gasteiger partial charge on any atom is 0.263 e. The zero-order valence-corrected chi connectivity index (χ0v) is 12.9. The number of halogens is 1. The Morgan fingerprint density at radius 1 is 1.43 bits per heavy atom. The van der Waals surface area contributed by atoms with E-state index in [1.807, 2.05) is 17.0 Å². The quantitative estimate of drug-likeness (QED) is 0.932. The van der Waals surface area contributed by atoms with Gasteiger partial charge in [-0.2, -0.15) is 0 Å². The van der Waals surface area contributed by atoms with Crippen LogP contribution in [0, 0.1) is 11.8 Å². The number of hydrogen-bond donors (Lipinski definition) is 1. The van der Waals surface area contributed by atoms with Crippen molar-refractivity contribution in [1.29, 1.82) is 0 Å². The number of ether oxygens (including phenoxy) is 1. The Morgan fingerprint density at radius 3 is 2.95 bits per heavy atom. The van der Waals surface area contributed by atoms with Crippen LogP contribution in [0.1, 0.15) is 19.8 Å². The number of nitrogens with two attached hydrogens (primary N) is 1. The molecule has 0 radical (unpaired) electrons. The number of amides is 1. The molecule has 1 aliphatic heterocycles. The Labute approximate surface area is 130 Å². The summed E-state index contributed by atoms with van der Waals surface area (Å²) < 4.78 is 5.71. The van der Waals surface area contributed by atoms with Gasteiger partial charge in [-0.3, -0.25) is 4.79 Å². The van der Waals surface area contributed by atoms with Crippen molar-refractivity contribution in [3.63, 3.8) is 0 Å². The van der Waals surface area contributed by atoms with E-state index in [9.17, 15) is 4.79 Å². The second kappa shape index (κ2) is 5.85. The first kappa shape index (κ1) is 14.7. The molecule has 1 heterocycles. The summed E-state index contributed by atoms with van der Waals surface area (Å²) in [6.45, 7) is 3.38. The van der Waals surface area contributed by atoms with E-state index in [1.165, 1.54) is 0 Å². The molecule has 1 aromatic carbocycles. The highest BCUT2D eigenvalue weighted by Crippen LogP contribution is 2.37. The molecule has 3 rings (SSSR count). The highest BCUT2D eigenvalue weighted by Gasteiger charge is 2.43. The van der Waals surface area contributed by atoms with Crippen molar-refractivity contribution in [2.45, 2.75) is 31.9 Å². The van der Waals surface area contributed by atoms with E-state index in [-0.39, 0.29) is 11.9 Å². The van der Waals surface area contributed by atoms with Crippen molar-refractivity contribution >= 4 is 17.5 Å². The third-order valence-corrected chi connectivity index (χ3v) is 4.92. The topological polar surface area (TPSA) is 55.6 Å². The molecule has 1 aromatic rings. The lowest BCUT2D eigenvalue weighted by molar-refractivity contribution is -0.137. The lowest BCUT2D eigenvalue weighted by atomic mass is 9.98. The normalized spacial score (nSPS) is 29.3. The van der Waals surface area contributed by atoms with Crippen LogP contribution in [-0.2, 0) is 4.79 Å². The van der Waals surface area contributed by atoms with Crippen molar-refractivity contribution in [1.82, 2.24) is 4.90 Å². The van der Waals surface area contributed by atoms with Gasteiger partial charge in [0, 0.05) is 24.2 Å². The number of benzene rings is 1. The van der Waals surface area contributed by atoms with E-state index in [1.54, 1.807) is 19.1 Å². The van der Waals surface area contributed by atoms with E-state index in [0.717, 1.165) is 25.9 Å². The predicted molar refractivity (Wildman–Crippen MR) is 82.3 cm³/mol. The standard InChI is InChI=1S/C16H21ClN2O2/c1-10(21-13-4-2-3-12(17)7-13)16(20)19-8-11-5-6-15(18)14(11)9-19/h2-4,7,10-11,14-15H,5-6,8-9,18H2,1H3. The van der Waals surface area contributed by atoms with E-state index < -0.39 is 6.10 Å². The Kier molecular flexibility index (Phi) is 4.09. The molecule has 2 N–H and O–H groups in total. The second-order valence-corrected chi connectivity index (χ2v) is 6.56. The average molecular weight is 309 g/mol. The molecule has 2 fully saturated rings. The highest BCUT2D eigenvalue weighted by atomic mass is 35.5. The summed E-state index contributed by atoms with van der Waals surface area (Å²) >= 11 is 5.93. The fraction of sp³-hybridized carbons (Fsp3) is 0.562. The molecule has 1 amide bonds. The van der Waals surface area contributed by atoms with Gasteiger partial charge in [-0.1, -0.05) is 17.7 Å². The van der Waals surface area contributed by atoms with Gasteiger partial charge in [0.1, 0.15) is 5.75 Å². The van der Waals surface area contributed by atoms with Crippen LogP contribution in [0.4, 0.5) is 0 Å². The smallest absolute Gasteiger partial charge is 0.263 e. The number of carbonyl (C=O) groups excluding carboxylic acids is 1. The third kappa shape index (κ3) is 3.01. The fourth-order valence-corrected chi connectivity index (χ4v) is 3.72. The van der Waals surface area contributed by atoms with Gasteiger partial charge in [-0.15, -0.1) is 0 Å². The van der Waals surface area contributed by atoms with Crippen LogP contribution in [0.5, 0.6) is 5.75 Å². The molecular formula is C16H21ClN2O2. The van der Waals surface area contributed by atoms with Gasteiger partial charge in [-0.25, -0.2) is 0 Å². The maximum atomic E-state index is 12.5. The van der Waals surface area contributed by atoms with Crippen LogP contribution in [0.25, 0.3) is 0 Å². The van der Waals surface area contributed by atoms with Crippen molar-refractivity contribution < 1.29 is 9.53 Å². The number of fused-ring (bicyclic) bond motifs is 1. The van der Waals surface area contributed by atoms with Crippen LogP contribution in [0.15, 0.2) is 24.3 Å². The summed E-state index contributed by atoms with van der Waals surface area (Å²) in [5.41, 5.74) is 6.11. The Hall–Kier alpha value is -1.26. The van der Waals surface area contributed by atoms with Crippen LogP contribution < -0.4 is 10.5 Å². The fourth-order valence-electron chi connectivity index (χ4n) is 3.54. The van der Waals surface area contributed by atoms with Crippen LogP contribution in [-0.4, -0.2) is 36.0 Å². The minimum atomic E-state index is -0.501. The zero-order chi connectivity index (χ0) is 15.0. The summed E-state index contributed by atoms with van der Waals surface area (Å²) in [7, 11) is 0. The SMILES string of the molecule is CC(Oc1cccc(Cl)c1)C(=O)N1CC2CCC(N)C2C1. The Bertz CT molecular complexity index is 537. The van der Waals surface area contributed by atoms with Gasteiger partial charge >= 0.3 is 0 Å². The lowest BCUT2D eigenvalue weighted by Crippen LogP contribution is -2.40. The summed E-state index contributed by atoms with van der Waals surface area (Å²) in [6, 6.07) is 7.37.